The van der Waals surface area contributed by atoms with Crippen molar-refractivity contribution in [3.05, 3.63) is 129 Å². The number of nitrogens with zero attached hydrogens (tertiary/aromatic N) is 2. The molecule has 0 radical (unpaired) electrons. The van der Waals surface area contributed by atoms with Crippen molar-refractivity contribution in [2.24, 2.45) is 0 Å². The van der Waals surface area contributed by atoms with Gasteiger partial charge in [0.25, 0.3) is 10.0 Å². The van der Waals surface area contributed by atoms with Crippen molar-refractivity contribution in [3.8, 4) is 0 Å². The maximum absolute atomic E-state index is 14.7. The van der Waals surface area contributed by atoms with Gasteiger partial charge in [0.1, 0.15) is 12.6 Å². The summed E-state index contributed by atoms with van der Waals surface area (Å²) in [6.07, 6.45) is 0.906. The summed E-state index contributed by atoms with van der Waals surface area (Å²) in [6.45, 7) is 9.30. The summed E-state index contributed by atoms with van der Waals surface area (Å²) in [5, 5.41) is 3.70. The number of carbonyl (C=O) groups excluding carboxylic acids is 2. The molecule has 4 aromatic carbocycles. The number of amides is 2. The fourth-order valence-corrected chi connectivity index (χ4v) is 6.96. The van der Waals surface area contributed by atoms with Crippen LogP contribution in [0.2, 0.25) is 10.0 Å². The molecule has 0 aliphatic carbocycles. The molecule has 0 aliphatic heterocycles. The van der Waals surface area contributed by atoms with Gasteiger partial charge in [-0.05, 0) is 79.3 Å². The molecule has 10 heteroatoms. The topological polar surface area (TPSA) is 86.8 Å². The SMILES string of the molecule is CC[C@@H](C)NC(=O)[C@H](Cc1ccccc1)N(Cc1ccc(Cl)c(Cl)c1)C(=O)CN(c1ccc(C(C)C)cc1)S(=O)(=O)c1ccc(C)cc1. The van der Waals surface area contributed by atoms with E-state index in [9.17, 15) is 18.0 Å². The molecule has 7 nitrogen and oxygen atoms in total. The van der Waals surface area contributed by atoms with Gasteiger partial charge < -0.3 is 10.2 Å². The Morgan fingerprint density at radius 2 is 1.46 bits per heavy atom. The minimum Gasteiger partial charge on any atom is -0.352 e. The van der Waals surface area contributed by atoms with Crippen LogP contribution in [0.25, 0.3) is 0 Å². The summed E-state index contributed by atoms with van der Waals surface area (Å²) < 4.78 is 29.7. The monoisotopic (exact) mass is 707 g/mol. The predicted molar refractivity (Wildman–Crippen MR) is 195 cm³/mol. The van der Waals surface area contributed by atoms with Crippen molar-refractivity contribution < 1.29 is 18.0 Å². The molecule has 48 heavy (non-hydrogen) atoms. The van der Waals surface area contributed by atoms with Gasteiger partial charge in [0.05, 0.1) is 20.6 Å². The van der Waals surface area contributed by atoms with Gasteiger partial charge in [-0.15, -0.1) is 0 Å². The average Bonchev–Trinajstić information content (AvgIpc) is 3.07. The Bertz CT molecular complexity index is 1800. The fraction of sp³-hybridized carbons (Fsp3) is 0.316. The van der Waals surface area contributed by atoms with E-state index in [1.807, 2.05) is 63.2 Å². The van der Waals surface area contributed by atoms with E-state index in [2.05, 4.69) is 19.2 Å². The first kappa shape index (κ1) is 37.0. The fourth-order valence-electron chi connectivity index (χ4n) is 5.22. The zero-order valence-corrected chi connectivity index (χ0v) is 30.3. The van der Waals surface area contributed by atoms with E-state index < -0.39 is 28.5 Å². The van der Waals surface area contributed by atoms with Crippen molar-refractivity contribution >= 4 is 50.7 Å². The summed E-state index contributed by atoms with van der Waals surface area (Å²) in [5.74, 6) is -0.659. The lowest BCUT2D eigenvalue weighted by Crippen LogP contribution is -2.54. The van der Waals surface area contributed by atoms with Gasteiger partial charge in [0.2, 0.25) is 11.8 Å². The molecule has 0 spiro atoms. The number of aryl methyl sites for hydroxylation is 1. The number of nitrogens with one attached hydrogen (secondary N) is 1. The first-order chi connectivity index (χ1) is 22.8. The second-order valence-corrected chi connectivity index (χ2v) is 15.0. The van der Waals surface area contributed by atoms with Crippen LogP contribution in [0.3, 0.4) is 0 Å². The lowest BCUT2D eigenvalue weighted by molar-refractivity contribution is -0.140. The minimum absolute atomic E-state index is 0.00808. The molecule has 4 aromatic rings. The number of rotatable bonds is 14. The molecule has 0 aromatic heterocycles. The molecule has 254 valence electrons. The highest BCUT2D eigenvalue weighted by Gasteiger charge is 2.35. The van der Waals surface area contributed by atoms with Crippen LogP contribution in [0.15, 0.2) is 102 Å². The van der Waals surface area contributed by atoms with E-state index in [-0.39, 0.29) is 35.7 Å². The van der Waals surface area contributed by atoms with E-state index in [4.69, 9.17) is 23.2 Å². The number of sulfonamides is 1. The molecule has 0 saturated heterocycles. The lowest BCUT2D eigenvalue weighted by atomic mass is 10.0. The van der Waals surface area contributed by atoms with E-state index in [1.165, 1.54) is 17.0 Å². The van der Waals surface area contributed by atoms with Crippen LogP contribution in [0.1, 0.15) is 62.3 Å². The third-order valence-corrected chi connectivity index (χ3v) is 10.9. The highest BCUT2D eigenvalue weighted by atomic mass is 35.5. The third kappa shape index (κ3) is 9.40. The van der Waals surface area contributed by atoms with Gasteiger partial charge in [-0.25, -0.2) is 8.42 Å². The number of hydrogen-bond donors (Lipinski definition) is 1. The van der Waals surface area contributed by atoms with Crippen molar-refractivity contribution in [3.63, 3.8) is 0 Å². The third-order valence-electron chi connectivity index (χ3n) is 8.34. The number of anilines is 1. The van der Waals surface area contributed by atoms with Crippen molar-refractivity contribution in [1.82, 2.24) is 10.2 Å². The molecule has 0 fully saturated rings. The molecular formula is C38H43Cl2N3O4S. The first-order valence-corrected chi connectivity index (χ1v) is 18.3. The normalized spacial score (nSPS) is 12.8. The molecule has 0 bridgehead atoms. The molecule has 1 N–H and O–H groups in total. The maximum atomic E-state index is 14.7. The second kappa shape index (κ2) is 16.5. The van der Waals surface area contributed by atoms with Crippen LogP contribution in [-0.4, -0.2) is 43.8 Å². The second-order valence-electron chi connectivity index (χ2n) is 12.4. The largest absolute Gasteiger partial charge is 0.352 e. The number of benzene rings is 4. The van der Waals surface area contributed by atoms with Crippen LogP contribution in [-0.2, 0) is 32.6 Å². The highest BCUT2D eigenvalue weighted by molar-refractivity contribution is 7.92. The van der Waals surface area contributed by atoms with Gasteiger partial charge in [0, 0.05) is 19.0 Å². The minimum atomic E-state index is -4.20. The van der Waals surface area contributed by atoms with Gasteiger partial charge >= 0.3 is 0 Å². The molecule has 0 unspecified atom stereocenters. The summed E-state index contributed by atoms with van der Waals surface area (Å²) in [7, 11) is -4.20. The standard InChI is InChI=1S/C38H43Cl2N3O4S/c1-6-28(5)41-38(45)36(23-29-10-8-7-9-11-29)42(24-30-14-21-34(39)35(40)22-30)37(44)25-43(32-17-15-31(16-18-32)26(2)3)48(46,47)33-19-12-27(4)13-20-33/h7-22,26,28,36H,6,23-25H2,1-5H3,(H,41,45)/t28-,36+/m1/s1. The summed E-state index contributed by atoms with van der Waals surface area (Å²) in [4.78, 5) is 30.2. The quantitative estimate of drug-likeness (QED) is 0.143. The number of halogens is 2. The molecule has 0 heterocycles. The van der Waals surface area contributed by atoms with Crippen molar-refractivity contribution in [2.45, 2.75) is 76.9 Å². The van der Waals surface area contributed by atoms with Crippen LogP contribution < -0.4 is 9.62 Å². The van der Waals surface area contributed by atoms with Crippen LogP contribution >= 0.6 is 23.2 Å². The molecule has 2 atom stereocenters. The van der Waals surface area contributed by atoms with E-state index in [0.717, 1.165) is 21.0 Å². The first-order valence-electron chi connectivity index (χ1n) is 16.1. The Labute approximate surface area is 294 Å². The maximum Gasteiger partial charge on any atom is 0.264 e. The Balaban J connectivity index is 1.83. The van der Waals surface area contributed by atoms with Gasteiger partial charge in [-0.2, -0.15) is 0 Å². The number of hydrogen-bond acceptors (Lipinski definition) is 4. The molecule has 0 saturated carbocycles. The Hall–Kier alpha value is -3.85. The van der Waals surface area contributed by atoms with Gasteiger partial charge in [0.15, 0.2) is 0 Å². The molecule has 0 aliphatic rings. The van der Waals surface area contributed by atoms with E-state index >= 15 is 0 Å². The van der Waals surface area contributed by atoms with E-state index in [0.29, 0.717) is 27.7 Å². The Morgan fingerprint density at radius 3 is 2.04 bits per heavy atom. The summed E-state index contributed by atoms with van der Waals surface area (Å²) >= 11 is 12.6. The zero-order chi connectivity index (χ0) is 35.0. The molecule has 4 rings (SSSR count). The predicted octanol–water partition coefficient (Wildman–Crippen LogP) is 8.18. The summed E-state index contributed by atoms with van der Waals surface area (Å²) in [5.41, 5.74) is 3.76. The summed E-state index contributed by atoms with van der Waals surface area (Å²) in [6, 6.07) is 27.1. The highest BCUT2D eigenvalue weighted by Crippen LogP contribution is 2.28. The zero-order valence-electron chi connectivity index (χ0n) is 28.0. The van der Waals surface area contributed by atoms with Crippen molar-refractivity contribution in [2.75, 3.05) is 10.8 Å². The average molecular weight is 709 g/mol. The smallest absolute Gasteiger partial charge is 0.264 e. The van der Waals surface area contributed by atoms with Crippen LogP contribution in [0, 0.1) is 6.92 Å². The number of carbonyl (C=O) groups is 2. The van der Waals surface area contributed by atoms with Gasteiger partial charge in [-0.1, -0.05) is 110 Å². The molecule has 2 amide bonds. The van der Waals surface area contributed by atoms with Gasteiger partial charge in [-0.3, -0.25) is 13.9 Å². The lowest BCUT2D eigenvalue weighted by Gasteiger charge is -2.34. The Morgan fingerprint density at radius 1 is 0.812 bits per heavy atom. The van der Waals surface area contributed by atoms with Crippen LogP contribution in [0.4, 0.5) is 5.69 Å². The van der Waals surface area contributed by atoms with Crippen LogP contribution in [0.5, 0.6) is 0 Å². The Kier molecular flexibility index (Phi) is 12.7. The van der Waals surface area contributed by atoms with Crippen molar-refractivity contribution in [1.29, 1.82) is 0 Å². The van der Waals surface area contributed by atoms with E-state index in [1.54, 1.807) is 42.5 Å². The molecular weight excluding hydrogens is 665 g/mol.